The predicted molar refractivity (Wildman–Crippen MR) is 76.8 cm³/mol. The van der Waals surface area contributed by atoms with Crippen LogP contribution in [0.1, 0.15) is 23.0 Å². The van der Waals surface area contributed by atoms with Gasteiger partial charge in [-0.15, -0.1) is 0 Å². The molecule has 0 aromatic carbocycles. The van der Waals surface area contributed by atoms with E-state index in [1.807, 2.05) is 32.0 Å². The molecule has 1 N–H and O–H groups in total. The van der Waals surface area contributed by atoms with Crippen LogP contribution in [-0.2, 0) is 0 Å². The van der Waals surface area contributed by atoms with Crippen LogP contribution >= 0.6 is 0 Å². The molecular weight excluding hydrogens is 254 g/mol. The molecule has 0 fully saturated rings. The quantitative estimate of drug-likeness (QED) is 0.926. The Balaban J connectivity index is 2.56. The highest BCUT2D eigenvalue weighted by Crippen LogP contribution is 2.31. The van der Waals surface area contributed by atoms with E-state index in [0.717, 1.165) is 16.7 Å². The van der Waals surface area contributed by atoms with Crippen molar-refractivity contribution in [1.82, 2.24) is 15.3 Å². The Bertz CT molecular complexity index is 626. The number of carbonyl (C=O) groups is 1. The Morgan fingerprint density at radius 3 is 2.75 bits per heavy atom. The largest absolute Gasteiger partial charge is 0.478 e. The summed E-state index contributed by atoms with van der Waals surface area (Å²) in [6.45, 7) is 4.32. The summed E-state index contributed by atoms with van der Waals surface area (Å²) in [5, 5.41) is 2.59. The van der Waals surface area contributed by atoms with Gasteiger partial charge in [-0.3, -0.25) is 9.78 Å². The van der Waals surface area contributed by atoms with Crippen LogP contribution in [-0.4, -0.2) is 29.5 Å². The van der Waals surface area contributed by atoms with Gasteiger partial charge in [-0.2, -0.15) is 0 Å². The minimum atomic E-state index is -0.203. The van der Waals surface area contributed by atoms with Gasteiger partial charge in [-0.1, -0.05) is 0 Å². The molecular formula is C15H17N3O2. The van der Waals surface area contributed by atoms with E-state index < -0.39 is 0 Å². The first-order chi connectivity index (χ1) is 9.69. The second kappa shape index (κ2) is 6.14. The highest BCUT2D eigenvalue weighted by Gasteiger charge is 2.15. The van der Waals surface area contributed by atoms with Gasteiger partial charge in [0.05, 0.1) is 6.61 Å². The molecule has 0 radical (unpaired) electrons. The van der Waals surface area contributed by atoms with Crippen LogP contribution in [0.25, 0.3) is 11.1 Å². The monoisotopic (exact) mass is 271 g/mol. The van der Waals surface area contributed by atoms with Crippen molar-refractivity contribution in [2.75, 3.05) is 13.7 Å². The first-order valence-corrected chi connectivity index (χ1v) is 6.44. The minimum absolute atomic E-state index is 0.203. The Kier molecular flexibility index (Phi) is 4.30. The van der Waals surface area contributed by atoms with Crippen molar-refractivity contribution in [2.24, 2.45) is 0 Å². The number of ether oxygens (including phenoxy) is 1. The van der Waals surface area contributed by atoms with Gasteiger partial charge in [0.1, 0.15) is 5.69 Å². The molecule has 2 aromatic heterocycles. The van der Waals surface area contributed by atoms with Crippen molar-refractivity contribution in [2.45, 2.75) is 13.8 Å². The van der Waals surface area contributed by atoms with Gasteiger partial charge in [0.15, 0.2) is 0 Å². The summed E-state index contributed by atoms with van der Waals surface area (Å²) < 4.78 is 5.54. The Labute approximate surface area is 118 Å². The molecule has 0 aliphatic heterocycles. The van der Waals surface area contributed by atoms with Crippen LogP contribution in [0.5, 0.6) is 5.88 Å². The van der Waals surface area contributed by atoms with Crippen molar-refractivity contribution in [3.63, 3.8) is 0 Å². The average molecular weight is 271 g/mol. The van der Waals surface area contributed by atoms with Crippen LogP contribution in [0.3, 0.4) is 0 Å². The summed E-state index contributed by atoms with van der Waals surface area (Å²) >= 11 is 0. The summed E-state index contributed by atoms with van der Waals surface area (Å²) in [5.74, 6) is 0.360. The second-order valence-electron chi connectivity index (χ2n) is 4.20. The Hall–Kier alpha value is -2.43. The van der Waals surface area contributed by atoms with Gasteiger partial charge in [0.2, 0.25) is 5.88 Å². The SMILES string of the molecule is CCOc1ncccc1-c1ccnc(C(=O)NC)c1C. The second-order valence-corrected chi connectivity index (χ2v) is 4.20. The fourth-order valence-electron chi connectivity index (χ4n) is 2.02. The van der Waals surface area contributed by atoms with Crippen LogP contribution in [0.15, 0.2) is 30.6 Å². The molecule has 0 saturated carbocycles. The lowest BCUT2D eigenvalue weighted by Crippen LogP contribution is -2.20. The third-order valence-electron chi connectivity index (χ3n) is 2.99. The number of amides is 1. The van der Waals surface area contributed by atoms with Crippen molar-refractivity contribution in [3.8, 4) is 17.0 Å². The van der Waals surface area contributed by atoms with Crippen molar-refractivity contribution < 1.29 is 9.53 Å². The van der Waals surface area contributed by atoms with E-state index in [1.165, 1.54) is 0 Å². The molecule has 0 saturated heterocycles. The third-order valence-corrected chi connectivity index (χ3v) is 2.99. The van der Waals surface area contributed by atoms with Gasteiger partial charge < -0.3 is 10.1 Å². The average Bonchev–Trinajstić information content (AvgIpc) is 2.48. The van der Waals surface area contributed by atoms with Gasteiger partial charge in [-0.05, 0) is 43.2 Å². The highest BCUT2D eigenvalue weighted by molar-refractivity contribution is 5.95. The number of aromatic nitrogens is 2. The van der Waals surface area contributed by atoms with Gasteiger partial charge in [0.25, 0.3) is 5.91 Å². The van der Waals surface area contributed by atoms with Gasteiger partial charge in [-0.25, -0.2) is 4.98 Å². The maximum atomic E-state index is 11.8. The molecule has 0 aliphatic rings. The maximum Gasteiger partial charge on any atom is 0.269 e. The number of hydrogen-bond acceptors (Lipinski definition) is 4. The van der Waals surface area contributed by atoms with Crippen molar-refractivity contribution in [3.05, 3.63) is 41.9 Å². The summed E-state index contributed by atoms with van der Waals surface area (Å²) in [4.78, 5) is 20.2. The fraction of sp³-hybridized carbons (Fsp3) is 0.267. The lowest BCUT2D eigenvalue weighted by Gasteiger charge is -2.12. The van der Waals surface area contributed by atoms with Crippen molar-refractivity contribution in [1.29, 1.82) is 0 Å². The molecule has 5 heteroatoms. The summed E-state index contributed by atoms with van der Waals surface area (Å²) in [6.07, 6.45) is 3.31. The molecule has 20 heavy (non-hydrogen) atoms. The third kappa shape index (κ3) is 2.61. The molecule has 0 atom stereocenters. The van der Waals surface area contributed by atoms with E-state index in [4.69, 9.17) is 4.74 Å². The minimum Gasteiger partial charge on any atom is -0.478 e. The van der Waals surface area contributed by atoms with Crippen LogP contribution in [0.4, 0.5) is 0 Å². The van der Waals surface area contributed by atoms with Crippen molar-refractivity contribution >= 4 is 5.91 Å². The first-order valence-electron chi connectivity index (χ1n) is 6.44. The van der Waals surface area contributed by atoms with E-state index >= 15 is 0 Å². The Morgan fingerprint density at radius 1 is 1.25 bits per heavy atom. The summed E-state index contributed by atoms with van der Waals surface area (Å²) in [7, 11) is 1.59. The first kappa shape index (κ1) is 14.0. The molecule has 0 unspecified atom stereocenters. The fourth-order valence-corrected chi connectivity index (χ4v) is 2.02. The summed E-state index contributed by atoms with van der Waals surface area (Å²) in [6, 6.07) is 5.63. The molecule has 2 rings (SSSR count). The van der Waals surface area contributed by atoms with E-state index in [-0.39, 0.29) is 5.91 Å². The van der Waals surface area contributed by atoms with E-state index in [1.54, 1.807) is 19.4 Å². The number of nitrogens with zero attached hydrogens (tertiary/aromatic N) is 2. The normalized spacial score (nSPS) is 10.2. The standard InChI is InChI=1S/C15H17N3O2/c1-4-20-15-12(6-5-8-18-15)11-7-9-17-13(10(11)2)14(19)16-3/h5-9H,4H2,1-3H3,(H,16,19). The molecule has 0 spiro atoms. The van der Waals surface area contributed by atoms with Crippen LogP contribution in [0, 0.1) is 6.92 Å². The highest BCUT2D eigenvalue weighted by atomic mass is 16.5. The lowest BCUT2D eigenvalue weighted by atomic mass is 10.0. The zero-order chi connectivity index (χ0) is 14.5. The molecule has 2 aromatic rings. The molecule has 2 heterocycles. The van der Waals surface area contributed by atoms with Crippen LogP contribution < -0.4 is 10.1 Å². The van der Waals surface area contributed by atoms with E-state index in [9.17, 15) is 4.79 Å². The molecule has 0 aliphatic carbocycles. The van der Waals surface area contributed by atoms with E-state index in [2.05, 4.69) is 15.3 Å². The smallest absolute Gasteiger partial charge is 0.269 e. The zero-order valence-corrected chi connectivity index (χ0v) is 11.8. The maximum absolute atomic E-state index is 11.8. The number of pyridine rings is 2. The van der Waals surface area contributed by atoms with Crippen LogP contribution in [0.2, 0.25) is 0 Å². The summed E-state index contributed by atoms with van der Waals surface area (Å²) in [5.41, 5.74) is 2.98. The molecule has 104 valence electrons. The predicted octanol–water partition coefficient (Wildman–Crippen LogP) is 2.21. The van der Waals surface area contributed by atoms with Gasteiger partial charge >= 0.3 is 0 Å². The molecule has 0 bridgehead atoms. The Morgan fingerprint density at radius 2 is 2.05 bits per heavy atom. The zero-order valence-electron chi connectivity index (χ0n) is 11.8. The number of nitrogens with one attached hydrogen (secondary N) is 1. The number of carbonyl (C=O) groups excluding carboxylic acids is 1. The lowest BCUT2D eigenvalue weighted by molar-refractivity contribution is 0.0957. The van der Waals surface area contributed by atoms with Gasteiger partial charge in [0, 0.05) is 25.0 Å². The number of rotatable bonds is 4. The topological polar surface area (TPSA) is 64.1 Å². The number of hydrogen-bond donors (Lipinski definition) is 1. The molecule has 5 nitrogen and oxygen atoms in total. The molecule has 1 amide bonds. The van der Waals surface area contributed by atoms with E-state index in [0.29, 0.717) is 18.2 Å².